The van der Waals surface area contributed by atoms with Crippen LogP contribution in [0.2, 0.25) is 5.02 Å². The third-order valence-electron chi connectivity index (χ3n) is 2.85. The monoisotopic (exact) mass is 285 g/mol. The zero-order valence-electron chi connectivity index (χ0n) is 9.84. The Bertz CT molecular complexity index is 601. The predicted molar refractivity (Wildman–Crippen MR) is 68.4 cm³/mol. The van der Waals surface area contributed by atoms with E-state index in [0.29, 0.717) is 5.56 Å². The molecule has 100 valence electrons. The highest BCUT2D eigenvalue weighted by atomic mass is 35.5. The van der Waals surface area contributed by atoms with Crippen molar-refractivity contribution in [2.24, 2.45) is 5.73 Å². The van der Waals surface area contributed by atoms with E-state index in [1.807, 2.05) is 0 Å². The number of nitrogens with two attached hydrogens (primary N) is 1. The highest BCUT2D eigenvalue weighted by Gasteiger charge is 2.17. The molecular weight excluding hydrogens is 275 g/mol. The standard InChI is InChI=1S/C14H11ClF3N/c15-13-8(3-1-5-10(13)16)7-12(19)9-4-2-6-11(17)14(9)18/h1-6,12H,7,19H2. The van der Waals surface area contributed by atoms with E-state index in [2.05, 4.69) is 0 Å². The van der Waals surface area contributed by atoms with Crippen molar-refractivity contribution in [3.05, 3.63) is 70.0 Å². The molecule has 2 N–H and O–H groups in total. The summed E-state index contributed by atoms with van der Waals surface area (Å²) in [5.74, 6) is -2.51. The van der Waals surface area contributed by atoms with E-state index in [9.17, 15) is 13.2 Å². The highest BCUT2D eigenvalue weighted by Crippen LogP contribution is 2.26. The summed E-state index contributed by atoms with van der Waals surface area (Å²) < 4.78 is 39.9. The molecule has 0 aromatic heterocycles. The summed E-state index contributed by atoms with van der Waals surface area (Å²) in [5.41, 5.74) is 6.33. The quantitative estimate of drug-likeness (QED) is 0.906. The lowest BCUT2D eigenvalue weighted by Gasteiger charge is -2.14. The number of benzene rings is 2. The molecule has 0 saturated carbocycles. The average molecular weight is 286 g/mol. The topological polar surface area (TPSA) is 26.0 Å². The Morgan fingerprint density at radius 2 is 1.63 bits per heavy atom. The van der Waals surface area contributed by atoms with E-state index in [1.165, 1.54) is 24.3 Å². The molecule has 19 heavy (non-hydrogen) atoms. The molecule has 5 heteroatoms. The van der Waals surface area contributed by atoms with Gasteiger partial charge in [0.05, 0.1) is 5.02 Å². The molecule has 2 aromatic rings. The van der Waals surface area contributed by atoms with Gasteiger partial charge < -0.3 is 5.73 Å². The predicted octanol–water partition coefficient (Wildman–Crippen LogP) is 4.00. The van der Waals surface area contributed by atoms with Gasteiger partial charge in [0.2, 0.25) is 0 Å². The lowest BCUT2D eigenvalue weighted by Crippen LogP contribution is -2.16. The summed E-state index contributed by atoms with van der Waals surface area (Å²) in [6.45, 7) is 0. The summed E-state index contributed by atoms with van der Waals surface area (Å²) in [4.78, 5) is 0. The van der Waals surface area contributed by atoms with Crippen LogP contribution in [0.3, 0.4) is 0 Å². The smallest absolute Gasteiger partial charge is 0.163 e. The molecule has 0 aliphatic heterocycles. The van der Waals surface area contributed by atoms with Gasteiger partial charge in [-0.15, -0.1) is 0 Å². The van der Waals surface area contributed by atoms with Gasteiger partial charge in [0.15, 0.2) is 11.6 Å². The normalized spacial score (nSPS) is 12.5. The summed E-state index contributed by atoms with van der Waals surface area (Å²) in [6.07, 6.45) is 0.122. The first-order valence-electron chi connectivity index (χ1n) is 5.63. The Hall–Kier alpha value is -1.52. The van der Waals surface area contributed by atoms with Gasteiger partial charge in [0, 0.05) is 11.6 Å². The molecule has 0 aliphatic rings. The van der Waals surface area contributed by atoms with E-state index in [-0.39, 0.29) is 17.0 Å². The van der Waals surface area contributed by atoms with Crippen molar-refractivity contribution >= 4 is 11.6 Å². The third-order valence-corrected chi connectivity index (χ3v) is 3.28. The molecule has 0 bridgehead atoms. The molecule has 1 atom stereocenters. The minimum atomic E-state index is -0.984. The van der Waals surface area contributed by atoms with E-state index in [0.717, 1.165) is 6.07 Å². The van der Waals surface area contributed by atoms with Crippen molar-refractivity contribution in [2.75, 3.05) is 0 Å². The van der Waals surface area contributed by atoms with Crippen LogP contribution < -0.4 is 5.73 Å². The number of hydrogen-bond donors (Lipinski definition) is 1. The van der Waals surface area contributed by atoms with Crippen LogP contribution in [0.25, 0.3) is 0 Å². The van der Waals surface area contributed by atoms with Crippen LogP contribution in [0.4, 0.5) is 13.2 Å². The molecule has 2 aromatic carbocycles. The van der Waals surface area contributed by atoms with Crippen LogP contribution in [-0.2, 0) is 6.42 Å². The SMILES string of the molecule is NC(Cc1cccc(F)c1Cl)c1cccc(F)c1F. The molecule has 0 amide bonds. The average Bonchev–Trinajstić information content (AvgIpc) is 2.38. The van der Waals surface area contributed by atoms with Gasteiger partial charge in [-0.3, -0.25) is 0 Å². The van der Waals surface area contributed by atoms with Crippen molar-refractivity contribution in [1.29, 1.82) is 0 Å². The summed E-state index contributed by atoms with van der Waals surface area (Å²) in [6, 6.07) is 7.31. The van der Waals surface area contributed by atoms with E-state index in [1.54, 1.807) is 6.07 Å². The molecule has 2 rings (SSSR count). The zero-order valence-corrected chi connectivity index (χ0v) is 10.6. The minimum Gasteiger partial charge on any atom is -0.324 e. The fraction of sp³-hybridized carbons (Fsp3) is 0.143. The van der Waals surface area contributed by atoms with Gasteiger partial charge in [-0.1, -0.05) is 35.9 Å². The molecular formula is C14H11ClF3N. The molecule has 0 heterocycles. The van der Waals surface area contributed by atoms with Crippen LogP contribution in [0.15, 0.2) is 36.4 Å². The van der Waals surface area contributed by atoms with Crippen LogP contribution in [0.1, 0.15) is 17.2 Å². The van der Waals surface area contributed by atoms with Gasteiger partial charge in [-0.2, -0.15) is 0 Å². The Morgan fingerprint density at radius 3 is 2.37 bits per heavy atom. The molecule has 0 saturated heterocycles. The molecule has 0 spiro atoms. The fourth-order valence-corrected chi connectivity index (χ4v) is 2.06. The molecule has 1 unspecified atom stereocenters. The maximum absolute atomic E-state index is 13.6. The maximum Gasteiger partial charge on any atom is 0.163 e. The number of hydrogen-bond acceptors (Lipinski definition) is 1. The van der Waals surface area contributed by atoms with Crippen molar-refractivity contribution in [1.82, 2.24) is 0 Å². The van der Waals surface area contributed by atoms with Crippen LogP contribution >= 0.6 is 11.6 Å². The Morgan fingerprint density at radius 1 is 1.00 bits per heavy atom. The fourth-order valence-electron chi connectivity index (χ4n) is 1.86. The lowest BCUT2D eigenvalue weighted by molar-refractivity contribution is 0.487. The van der Waals surface area contributed by atoms with Gasteiger partial charge in [-0.05, 0) is 24.1 Å². The van der Waals surface area contributed by atoms with Crippen LogP contribution in [-0.4, -0.2) is 0 Å². The Balaban J connectivity index is 2.28. The van der Waals surface area contributed by atoms with Gasteiger partial charge in [0.1, 0.15) is 5.82 Å². The van der Waals surface area contributed by atoms with Crippen LogP contribution in [0, 0.1) is 17.5 Å². The summed E-state index contributed by atoms with van der Waals surface area (Å²) >= 11 is 5.80. The van der Waals surface area contributed by atoms with Crippen molar-refractivity contribution < 1.29 is 13.2 Å². The van der Waals surface area contributed by atoms with Gasteiger partial charge in [-0.25, -0.2) is 13.2 Å². The zero-order chi connectivity index (χ0) is 14.0. The Kier molecular flexibility index (Phi) is 4.12. The summed E-state index contributed by atoms with van der Waals surface area (Å²) in [5, 5.41) is -0.0465. The molecule has 0 fully saturated rings. The van der Waals surface area contributed by atoms with Crippen molar-refractivity contribution in [3.8, 4) is 0 Å². The van der Waals surface area contributed by atoms with Crippen LogP contribution in [0.5, 0.6) is 0 Å². The minimum absolute atomic E-state index is 0.0420. The molecule has 0 radical (unpaired) electrons. The largest absolute Gasteiger partial charge is 0.324 e. The number of halogens is 4. The van der Waals surface area contributed by atoms with Crippen molar-refractivity contribution in [3.63, 3.8) is 0 Å². The molecule has 1 nitrogen and oxygen atoms in total. The second kappa shape index (κ2) is 5.63. The maximum atomic E-state index is 13.6. The first kappa shape index (κ1) is 13.9. The number of rotatable bonds is 3. The Labute approximate surface area is 113 Å². The highest BCUT2D eigenvalue weighted by molar-refractivity contribution is 6.31. The lowest BCUT2D eigenvalue weighted by atomic mass is 9.99. The van der Waals surface area contributed by atoms with Crippen molar-refractivity contribution in [2.45, 2.75) is 12.5 Å². The second-order valence-electron chi connectivity index (χ2n) is 4.17. The first-order chi connectivity index (χ1) is 9.00. The van der Waals surface area contributed by atoms with E-state index < -0.39 is 23.5 Å². The second-order valence-corrected chi connectivity index (χ2v) is 4.54. The van der Waals surface area contributed by atoms with E-state index >= 15 is 0 Å². The summed E-state index contributed by atoms with van der Waals surface area (Å²) in [7, 11) is 0. The van der Waals surface area contributed by atoms with E-state index in [4.69, 9.17) is 17.3 Å². The van der Waals surface area contributed by atoms with Gasteiger partial charge >= 0.3 is 0 Å². The first-order valence-corrected chi connectivity index (χ1v) is 6.01. The third kappa shape index (κ3) is 2.91. The molecule has 0 aliphatic carbocycles. The van der Waals surface area contributed by atoms with Gasteiger partial charge in [0.25, 0.3) is 0 Å².